The number of carbonyl (C=O) groups excluding carboxylic acids is 1. The van der Waals surface area contributed by atoms with E-state index in [1.165, 1.54) is 0 Å². The molecule has 6 heteroatoms. The average molecular weight is 262 g/mol. The Hall–Kier alpha value is -1.92. The summed E-state index contributed by atoms with van der Waals surface area (Å²) in [6.07, 6.45) is 1.80. The van der Waals surface area contributed by atoms with Crippen LogP contribution in [0.1, 0.15) is 20.2 Å². The zero-order chi connectivity index (χ0) is 13.0. The fourth-order valence-electron chi connectivity index (χ4n) is 1.46. The van der Waals surface area contributed by atoms with Crippen LogP contribution in [0.2, 0.25) is 0 Å². The zero-order valence-electron chi connectivity index (χ0n) is 9.93. The molecule has 5 nitrogen and oxygen atoms in total. The first-order valence-electron chi connectivity index (χ1n) is 5.45. The van der Waals surface area contributed by atoms with Gasteiger partial charge in [-0.2, -0.15) is 0 Å². The summed E-state index contributed by atoms with van der Waals surface area (Å²) < 4.78 is 0. The molecule has 4 N–H and O–H groups in total. The molecular formula is C12H14N4OS. The van der Waals surface area contributed by atoms with Crippen LogP contribution in [-0.4, -0.2) is 10.9 Å². The molecule has 0 saturated carbocycles. The molecule has 0 spiro atoms. The van der Waals surface area contributed by atoms with Gasteiger partial charge in [-0.25, -0.2) is 4.98 Å². The highest BCUT2D eigenvalue weighted by molar-refractivity contribution is 7.11. The quantitative estimate of drug-likeness (QED) is 0.578. The molecule has 0 aliphatic carbocycles. The van der Waals surface area contributed by atoms with E-state index in [0.717, 1.165) is 15.6 Å². The minimum atomic E-state index is -0.119. The van der Waals surface area contributed by atoms with Gasteiger partial charge in [0.2, 0.25) is 0 Å². The number of benzene rings is 1. The number of carbonyl (C=O) groups is 1. The minimum absolute atomic E-state index is 0.119. The number of nitrogen functional groups attached to an aromatic ring is 1. The summed E-state index contributed by atoms with van der Waals surface area (Å²) in [5.41, 5.74) is 3.88. The van der Waals surface area contributed by atoms with Crippen molar-refractivity contribution >= 4 is 22.9 Å². The number of nitrogens with zero attached hydrogens (tertiary/aromatic N) is 1. The molecule has 0 fully saturated rings. The summed E-state index contributed by atoms with van der Waals surface area (Å²) in [5.74, 6) is 5.14. The number of hydrogen-bond acceptors (Lipinski definition) is 5. The lowest BCUT2D eigenvalue weighted by Crippen LogP contribution is -2.22. The number of aryl methyl sites for hydroxylation is 1. The Labute approximate surface area is 109 Å². The van der Waals surface area contributed by atoms with Gasteiger partial charge in [-0.3, -0.25) is 10.6 Å². The second-order valence-corrected chi connectivity index (χ2v) is 5.09. The predicted molar refractivity (Wildman–Crippen MR) is 72.3 cm³/mol. The van der Waals surface area contributed by atoms with Gasteiger partial charge >= 0.3 is 0 Å². The monoisotopic (exact) mass is 262 g/mol. The van der Waals surface area contributed by atoms with Gasteiger partial charge in [0.15, 0.2) is 0 Å². The van der Waals surface area contributed by atoms with Crippen LogP contribution in [0.3, 0.4) is 0 Å². The average Bonchev–Trinajstić information content (AvgIpc) is 2.82. The smallest absolute Gasteiger partial charge is 0.251 e. The van der Waals surface area contributed by atoms with E-state index < -0.39 is 0 Å². The van der Waals surface area contributed by atoms with Crippen LogP contribution in [-0.2, 0) is 6.54 Å². The van der Waals surface area contributed by atoms with E-state index in [2.05, 4.69) is 15.7 Å². The summed E-state index contributed by atoms with van der Waals surface area (Å²) in [4.78, 5) is 17.2. The van der Waals surface area contributed by atoms with Crippen molar-refractivity contribution in [3.63, 3.8) is 0 Å². The van der Waals surface area contributed by atoms with Crippen LogP contribution in [0.25, 0.3) is 0 Å². The van der Waals surface area contributed by atoms with Gasteiger partial charge in [0.1, 0.15) is 5.01 Å². The highest BCUT2D eigenvalue weighted by atomic mass is 32.1. The van der Waals surface area contributed by atoms with Gasteiger partial charge in [0.05, 0.1) is 6.54 Å². The van der Waals surface area contributed by atoms with Crippen LogP contribution in [0, 0.1) is 6.92 Å². The third-order valence-electron chi connectivity index (χ3n) is 2.38. The van der Waals surface area contributed by atoms with Gasteiger partial charge in [-0.05, 0) is 31.2 Å². The van der Waals surface area contributed by atoms with Crippen molar-refractivity contribution in [2.75, 3.05) is 5.43 Å². The Morgan fingerprint density at radius 2 is 2.11 bits per heavy atom. The standard InChI is InChI=1S/C12H14N4OS/c1-8-6-14-11(18-8)7-15-12(17)9-2-4-10(16-13)5-3-9/h2-6,16H,7,13H2,1H3,(H,15,17). The van der Waals surface area contributed by atoms with Crippen molar-refractivity contribution in [1.29, 1.82) is 0 Å². The first-order valence-corrected chi connectivity index (χ1v) is 6.27. The van der Waals surface area contributed by atoms with Crippen LogP contribution in [0.15, 0.2) is 30.5 Å². The second kappa shape index (κ2) is 5.61. The van der Waals surface area contributed by atoms with Crippen molar-refractivity contribution in [2.24, 2.45) is 5.84 Å². The van der Waals surface area contributed by atoms with E-state index in [1.54, 1.807) is 41.8 Å². The molecule has 2 aromatic rings. The van der Waals surface area contributed by atoms with Crippen molar-refractivity contribution < 1.29 is 4.79 Å². The zero-order valence-corrected chi connectivity index (χ0v) is 10.8. The molecular weight excluding hydrogens is 248 g/mol. The molecule has 1 heterocycles. The van der Waals surface area contributed by atoms with Gasteiger partial charge in [0, 0.05) is 22.3 Å². The summed E-state index contributed by atoms with van der Waals surface area (Å²) >= 11 is 1.58. The third-order valence-corrected chi connectivity index (χ3v) is 3.30. The molecule has 18 heavy (non-hydrogen) atoms. The molecule has 0 saturated heterocycles. The van der Waals surface area contributed by atoms with Gasteiger partial charge in [-0.1, -0.05) is 0 Å². The highest BCUT2D eigenvalue weighted by Gasteiger charge is 2.06. The fourth-order valence-corrected chi connectivity index (χ4v) is 2.19. The van der Waals surface area contributed by atoms with E-state index in [4.69, 9.17) is 5.84 Å². The number of hydrazine groups is 1. The Kier molecular flexibility index (Phi) is 3.91. The molecule has 0 unspecified atom stereocenters. The van der Waals surface area contributed by atoms with Gasteiger partial charge in [0.25, 0.3) is 5.91 Å². The maximum atomic E-state index is 11.8. The molecule has 0 bridgehead atoms. The van der Waals surface area contributed by atoms with Crippen LogP contribution in [0.5, 0.6) is 0 Å². The number of rotatable bonds is 4. The first kappa shape index (κ1) is 12.5. The number of amides is 1. The van der Waals surface area contributed by atoms with Crippen LogP contribution >= 0.6 is 11.3 Å². The number of nitrogens with two attached hydrogens (primary N) is 1. The fraction of sp³-hybridized carbons (Fsp3) is 0.167. The van der Waals surface area contributed by atoms with Crippen LogP contribution < -0.4 is 16.6 Å². The Morgan fingerprint density at radius 3 is 2.67 bits per heavy atom. The first-order chi connectivity index (χ1) is 8.69. The lowest BCUT2D eigenvalue weighted by Gasteiger charge is -2.04. The number of aromatic nitrogens is 1. The van der Waals surface area contributed by atoms with Gasteiger partial charge in [-0.15, -0.1) is 11.3 Å². The largest absolute Gasteiger partial charge is 0.346 e. The molecule has 1 aromatic heterocycles. The van der Waals surface area contributed by atoms with E-state index >= 15 is 0 Å². The molecule has 94 valence electrons. The Balaban J connectivity index is 1.94. The molecule has 1 aromatic carbocycles. The topological polar surface area (TPSA) is 80.0 Å². The van der Waals surface area contributed by atoms with E-state index in [0.29, 0.717) is 12.1 Å². The SMILES string of the molecule is Cc1cnc(CNC(=O)c2ccc(NN)cc2)s1. The summed E-state index contributed by atoms with van der Waals surface area (Å²) in [6.45, 7) is 2.44. The number of thiazole rings is 1. The van der Waals surface area contributed by atoms with E-state index in [1.807, 2.05) is 6.92 Å². The third kappa shape index (κ3) is 3.06. The normalized spacial score (nSPS) is 10.1. The van der Waals surface area contributed by atoms with Crippen LogP contribution in [0.4, 0.5) is 5.69 Å². The van der Waals surface area contributed by atoms with Gasteiger partial charge < -0.3 is 10.7 Å². The maximum absolute atomic E-state index is 11.8. The second-order valence-electron chi connectivity index (χ2n) is 3.77. The number of hydrogen-bond donors (Lipinski definition) is 3. The molecule has 0 radical (unpaired) electrons. The van der Waals surface area contributed by atoms with Crippen molar-refractivity contribution in [3.05, 3.63) is 45.9 Å². The number of nitrogens with one attached hydrogen (secondary N) is 2. The van der Waals surface area contributed by atoms with Crippen molar-refractivity contribution in [3.8, 4) is 0 Å². The van der Waals surface area contributed by atoms with E-state index in [-0.39, 0.29) is 5.91 Å². The molecule has 2 rings (SSSR count). The van der Waals surface area contributed by atoms with E-state index in [9.17, 15) is 4.79 Å². The molecule has 0 aliphatic heterocycles. The lowest BCUT2D eigenvalue weighted by atomic mass is 10.2. The summed E-state index contributed by atoms with van der Waals surface area (Å²) in [7, 11) is 0. The lowest BCUT2D eigenvalue weighted by molar-refractivity contribution is 0.0951. The van der Waals surface area contributed by atoms with Crippen molar-refractivity contribution in [2.45, 2.75) is 13.5 Å². The summed E-state index contributed by atoms with van der Waals surface area (Å²) in [6, 6.07) is 6.94. The molecule has 1 amide bonds. The van der Waals surface area contributed by atoms with Crippen molar-refractivity contribution in [1.82, 2.24) is 10.3 Å². The minimum Gasteiger partial charge on any atom is -0.346 e. The number of anilines is 1. The molecule has 0 atom stereocenters. The Morgan fingerprint density at radius 1 is 1.39 bits per heavy atom. The maximum Gasteiger partial charge on any atom is 0.251 e. The Bertz CT molecular complexity index is 535. The highest BCUT2D eigenvalue weighted by Crippen LogP contribution is 2.11. The predicted octanol–water partition coefficient (Wildman–Crippen LogP) is 1.67. The molecule has 0 aliphatic rings. The summed E-state index contributed by atoms with van der Waals surface area (Å²) in [5, 5.41) is 3.73.